The molecule has 1 aromatic carbocycles. The van der Waals surface area contributed by atoms with Gasteiger partial charge in [-0.1, -0.05) is 25.1 Å². The fourth-order valence-corrected chi connectivity index (χ4v) is 2.38. The van der Waals surface area contributed by atoms with Crippen molar-refractivity contribution >= 4 is 10.9 Å². The number of aliphatic hydroxyl groups is 1. The molecular formula is C15H22N2O. The maximum Gasteiger partial charge on any atom is 0.144 e. The fraction of sp³-hybridized carbons (Fsp3) is 0.467. The highest BCUT2D eigenvalue weighted by molar-refractivity contribution is 5.83. The monoisotopic (exact) mass is 246 g/mol. The summed E-state index contributed by atoms with van der Waals surface area (Å²) in [5, 5.41) is 15.3. The highest BCUT2D eigenvalue weighted by Crippen LogP contribution is 2.31. The van der Waals surface area contributed by atoms with Crippen molar-refractivity contribution < 1.29 is 5.11 Å². The average molecular weight is 246 g/mol. The zero-order chi connectivity index (χ0) is 13.4. The SMILES string of the molecule is CCC(O)(NC(C)(C)C)c1c[nH]c2ccccc12. The molecule has 1 atom stereocenters. The molecule has 1 heterocycles. The van der Waals surface area contributed by atoms with Crippen LogP contribution >= 0.6 is 0 Å². The summed E-state index contributed by atoms with van der Waals surface area (Å²) in [6, 6.07) is 8.04. The molecule has 3 heteroatoms. The summed E-state index contributed by atoms with van der Waals surface area (Å²) >= 11 is 0. The van der Waals surface area contributed by atoms with Crippen molar-refractivity contribution in [3.8, 4) is 0 Å². The van der Waals surface area contributed by atoms with Gasteiger partial charge in [0.25, 0.3) is 0 Å². The predicted molar refractivity (Wildman–Crippen MR) is 75.4 cm³/mol. The van der Waals surface area contributed by atoms with E-state index in [9.17, 15) is 5.11 Å². The summed E-state index contributed by atoms with van der Waals surface area (Å²) in [7, 11) is 0. The second kappa shape index (κ2) is 4.41. The fourth-order valence-electron chi connectivity index (χ4n) is 2.38. The first-order valence-corrected chi connectivity index (χ1v) is 6.44. The number of fused-ring (bicyclic) bond motifs is 1. The Morgan fingerprint density at radius 2 is 1.89 bits per heavy atom. The zero-order valence-corrected chi connectivity index (χ0v) is 11.5. The summed E-state index contributed by atoms with van der Waals surface area (Å²) in [6.45, 7) is 8.16. The molecule has 0 fully saturated rings. The van der Waals surface area contributed by atoms with Crippen LogP contribution in [-0.2, 0) is 5.72 Å². The molecule has 2 aromatic rings. The van der Waals surface area contributed by atoms with Gasteiger partial charge in [0.15, 0.2) is 0 Å². The van der Waals surface area contributed by atoms with Gasteiger partial charge in [-0.25, -0.2) is 0 Å². The minimum atomic E-state index is -1.00. The van der Waals surface area contributed by atoms with E-state index in [4.69, 9.17) is 0 Å². The van der Waals surface area contributed by atoms with Crippen molar-refractivity contribution in [3.05, 3.63) is 36.0 Å². The molecule has 0 amide bonds. The van der Waals surface area contributed by atoms with Gasteiger partial charge in [-0.15, -0.1) is 0 Å². The molecule has 3 nitrogen and oxygen atoms in total. The van der Waals surface area contributed by atoms with Gasteiger partial charge >= 0.3 is 0 Å². The highest BCUT2D eigenvalue weighted by Gasteiger charge is 2.33. The van der Waals surface area contributed by atoms with Crippen molar-refractivity contribution in [3.63, 3.8) is 0 Å². The summed E-state index contributed by atoms with van der Waals surface area (Å²) in [5.74, 6) is 0. The van der Waals surface area contributed by atoms with Gasteiger partial charge in [0.2, 0.25) is 0 Å². The molecule has 2 rings (SSSR count). The van der Waals surface area contributed by atoms with Crippen LogP contribution in [0.2, 0.25) is 0 Å². The molecule has 0 radical (unpaired) electrons. The van der Waals surface area contributed by atoms with E-state index in [1.54, 1.807) is 0 Å². The number of para-hydroxylation sites is 1. The van der Waals surface area contributed by atoms with Gasteiger partial charge in [-0.05, 0) is 33.3 Å². The first-order chi connectivity index (χ1) is 8.36. The Kier molecular flexibility index (Phi) is 3.21. The molecule has 0 bridgehead atoms. The van der Waals surface area contributed by atoms with Crippen molar-refractivity contribution in [2.45, 2.75) is 45.4 Å². The van der Waals surface area contributed by atoms with Gasteiger partial charge in [0.1, 0.15) is 5.72 Å². The molecule has 0 aliphatic heterocycles. The summed E-state index contributed by atoms with van der Waals surface area (Å²) in [5.41, 5.74) is 0.812. The molecule has 3 N–H and O–H groups in total. The van der Waals surface area contributed by atoms with Gasteiger partial charge in [0, 0.05) is 28.2 Å². The van der Waals surface area contributed by atoms with E-state index < -0.39 is 5.72 Å². The van der Waals surface area contributed by atoms with Crippen molar-refractivity contribution in [2.24, 2.45) is 0 Å². The van der Waals surface area contributed by atoms with E-state index in [-0.39, 0.29) is 5.54 Å². The van der Waals surface area contributed by atoms with E-state index in [0.717, 1.165) is 16.5 Å². The molecule has 0 saturated carbocycles. The van der Waals surface area contributed by atoms with Crippen LogP contribution in [0.1, 0.15) is 39.7 Å². The van der Waals surface area contributed by atoms with E-state index in [1.165, 1.54) is 0 Å². The minimum Gasteiger partial charge on any atom is -0.371 e. The largest absolute Gasteiger partial charge is 0.371 e. The average Bonchev–Trinajstić information content (AvgIpc) is 2.71. The van der Waals surface area contributed by atoms with Gasteiger partial charge in [-0.2, -0.15) is 0 Å². The first kappa shape index (κ1) is 13.1. The zero-order valence-electron chi connectivity index (χ0n) is 11.5. The van der Waals surface area contributed by atoms with Gasteiger partial charge < -0.3 is 10.1 Å². The highest BCUT2D eigenvalue weighted by atomic mass is 16.3. The third-order valence-corrected chi connectivity index (χ3v) is 3.13. The summed E-state index contributed by atoms with van der Waals surface area (Å²) < 4.78 is 0. The number of hydrogen-bond donors (Lipinski definition) is 3. The standard InChI is InChI=1S/C15H22N2O/c1-5-15(18,17-14(2,3)4)12-10-16-13-9-7-6-8-11(12)13/h6-10,16-18H,5H2,1-4H3. The number of aromatic amines is 1. The third kappa shape index (κ3) is 2.42. The van der Waals surface area contributed by atoms with Crippen LogP contribution in [0.25, 0.3) is 10.9 Å². The van der Waals surface area contributed by atoms with Crippen molar-refractivity contribution in [2.75, 3.05) is 0 Å². The maximum absolute atomic E-state index is 10.9. The van der Waals surface area contributed by atoms with Crippen molar-refractivity contribution in [1.82, 2.24) is 10.3 Å². The second-order valence-electron chi connectivity index (χ2n) is 5.84. The Balaban J connectivity index is 2.50. The third-order valence-electron chi connectivity index (χ3n) is 3.13. The number of aromatic nitrogens is 1. The normalized spacial score (nSPS) is 15.8. The van der Waals surface area contributed by atoms with E-state index in [0.29, 0.717) is 6.42 Å². The van der Waals surface area contributed by atoms with E-state index in [1.807, 2.05) is 37.4 Å². The number of rotatable bonds is 3. The Labute approximate surface area is 108 Å². The number of hydrogen-bond acceptors (Lipinski definition) is 2. The summed E-state index contributed by atoms with van der Waals surface area (Å²) in [6.07, 6.45) is 2.51. The van der Waals surface area contributed by atoms with Crippen LogP contribution in [0.5, 0.6) is 0 Å². The Morgan fingerprint density at radius 1 is 1.22 bits per heavy atom. The van der Waals surface area contributed by atoms with Crippen LogP contribution < -0.4 is 5.32 Å². The summed E-state index contributed by atoms with van der Waals surface area (Å²) in [4.78, 5) is 3.21. The van der Waals surface area contributed by atoms with Crippen molar-refractivity contribution in [1.29, 1.82) is 0 Å². The lowest BCUT2D eigenvalue weighted by molar-refractivity contribution is -0.0246. The molecule has 0 spiro atoms. The topological polar surface area (TPSA) is 48.0 Å². The molecule has 0 aliphatic carbocycles. The van der Waals surface area contributed by atoms with Gasteiger partial charge in [-0.3, -0.25) is 5.32 Å². The molecule has 1 aromatic heterocycles. The maximum atomic E-state index is 10.9. The quantitative estimate of drug-likeness (QED) is 0.729. The Morgan fingerprint density at radius 3 is 2.50 bits per heavy atom. The number of H-pyrrole nitrogens is 1. The lowest BCUT2D eigenvalue weighted by Gasteiger charge is -2.35. The number of benzene rings is 1. The molecular weight excluding hydrogens is 224 g/mol. The Hall–Kier alpha value is -1.32. The van der Waals surface area contributed by atoms with E-state index in [2.05, 4.69) is 31.1 Å². The lowest BCUT2D eigenvalue weighted by atomic mass is 9.95. The molecule has 0 saturated heterocycles. The first-order valence-electron chi connectivity index (χ1n) is 6.44. The van der Waals surface area contributed by atoms with Crippen LogP contribution in [0.3, 0.4) is 0 Å². The molecule has 1 unspecified atom stereocenters. The second-order valence-corrected chi connectivity index (χ2v) is 5.84. The van der Waals surface area contributed by atoms with Crippen LogP contribution in [-0.4, -0.2) is 15.6 Å². The predicted octanol–water partition coefficient (Wildman–Crippen LogP) is 3.11. The molecule has 0 aliphatic rings. The lowest BCUT2D eigenvalue weighted by Crippen LogP contribution is -2.51. The van der Waals surface area contributed by atoms with Crippen LogP contribution in [0.15, 0.2) is 30.5 Å². The van der Waals surface area contributed by atoms with Crippen LogP contribution in [0.4, 0.5) is 0 Å². The van der Waals surface area contributed by atoms with Crippen LogP contribution in [0, 0.1) is 0 Å². The number of nitrogens with one attached hydrogen (secondary N) is 2. The van der Waals surface area contributed by atoms with E-state index >= 15 is 0 Å². The minimum absolute atomic E-state index is 0.150. The molecule has 98 valence electrons. The Bertz CT molecular complexity index is 539. The smallest absolute Gasteiger partial charge is 0.144 e. The molecule has 18 heavy (non-hydrogen) atoms. The van der Waals surface area contributed by atoms with Gasteiger partial charge in [0.05, 0.1) is 0 Å².